The van der Waals surface area contributed by atoms with Crippen LogP contribution < -0.4 is 22.1 Å². The lowest BCUT2D eigenvalue weighted by Crippen LogP contribution is -2.57. The summed E-state index contributed by atoms with van der Waals surface area (Å²) in [6.07, 6.45) is 1.20. The molecule has 0 aromatic heterocycles. The molecule has 0 aliphatic heterocycles. The number of primary amides is 1. The average molecular weight is 372 g/mol. The Balaban J connectivity index is 5.12. The third-order valence-electron chi connectivity index (χ3n) is 4.61. The van der Waals surface area contributed by atoms with Gasteiger partial charge in [-0.25, -0.2) is 4.79 Å². The van der Waals surface area contributed by atoms with Gasteiger partial charge in [-0.15, -0.1) is 0 Å². The van der Waals surface area contributed by atoms with Crippen molar-refractivity contribution in [2.75, 3.05) is 0 Å². The number of aliphatic carboxylic acids is 1. The fraction of sp³-hybridized carbons (Fsp3) is 0.765. The number of carboxylic acids is 1. The molecule has 0 aliphatic carbocycles. The normalized spacial score (nSPS) is 16.7. The summed E-state index contributed by atoms with van der Waals surface area (Å²) >= 11 is 0. The molecule has 7 N–H and O–H groups in total. The summed E-state index contributed by atoms with van der Waals surface area (Å²) in [7, 11) is 0. The molecule has 0 fully saturated rings. The van der Waals surface area contributed by atoms with Gasteiger partial charge < -0.3 is 27.2 Å². The van der Waals surface area contributed by atoms with E-state index in [1.807, 2.05) is 13.8 Å². The second-order valence-electron chi connectivity index (χ2n) is 6.69. The van der Waals surface area contributed by atoms with E-state index in [0.29, 0.717) is 12.8 Å². The Morgan fingerprint density at radius 2 is 1.38 bits per heavy atom. The van der Waals surface area contributed by atoms with Gasteiger partial charge in [-0.2, -0.15) is 0 Å². The summed E-state index contributed by atoms with van der Waals surface area (Å²) < 4.78 is 0. The number of nitrogens with one attached hydrogen (secondary N) is 2. The molecule has 26 heavy (non-hydrogen) atoms. The fourth-order valence-corrected chi connectivity index (χ4v) is 2.32. The quantitative estimate of drug-likeness (QED) is 0.316. The van der Waals surface area contributed by atoms with E-state index in [4.69, 9.17) is 11.5 Å². The summed E-state index contributed by atoms with van der Waals surface area (Å²) in [5, 5.41) is 14.4. The van der Waals surface area contributed by atoms with Gasteiger partial charge in [-0.05, 0) is 18.3 Å². The van der Waals surface area contributed by atoms with Gasteiger partial charge in [-0.1, -0.05) is 40.5 Å². The highest BCUT2D eigenvalue weighted by molar-refractivity contribution is 5.92. The molecule has 0 saturated carbocycles. The molecule has 0 aromatic carbocycles. The third kappa shape index (κ3) is 7.81. The van der Waals surface area contributed by atoms with E-state index < -0.39 is 41.8 Å². The molecule has 9 nitrogen and oxygen atoms in total. The Hall–Kier alpha value is -2.16. The van der Waals surface area contributed by atoms with E-state index in [2.05, 4.69) is 10.6 Å². The zero-order valence-corrected chi connectivity index (χ0v) is 16.0. The number of carbonyl (C=O) groups excluding carboxylic acids is 3. The molecule has 150 valence electrons. The minimum Gasteiger partial charge on any atom is -0.480 e. The van der Waals surface area contributed by atoms with Crippen molar-refractivity contribution in [1.82, 2.24) is 10.6 Å². The number of hydrogen-bond donors (Lipinski definition) is 5. The summed E-state index contributed by atoms with van der Waals surface area (Å²) in [6, 6.07) is -2.94. The van der Waals surface area contributed by atoms with Crippen LogP contribution in [-0.4, -0.2) is 46.9 Å². The molecule has 5 unspecified atom stereocenters. The van der Waals surface area contributed by atoms with E-state index in [1.165, 1.54) is 0 Å². The first-order valence-corrected chi connectivity index (χ1v) is 8.92. The zero-order valence-electron chi connectivity index (χ0n) is 16.0. The van der Waals surface area contributed by atoms with Gasteiger partial charge in [-0.3, -0.25) is 14.4 Å². The Morgan fingerprint density at radius 3 is 1.81 bits per heavy atom. The van der Waals surface area contributed by atoms with Crippen molar-refractivity contribution in [3.05, 3.63) is 0 Å². The van der Waals surface area contributed by atoms with Gasteiger partial charge in [0.25, 0.3) is 0 Å². The van der Waals surface area contributed by atoms with Crippen LogP contribution in [-0.2, 0) is 19.2 Å². The molecule has 0 aromatic rings. The molecule has 0 heterocycles. The number of hydrogen-bond acceptors (Lipinski definition) is 5. The van der Waals surface area contributed by atoms with E-state index >= 15 is 0 Å². The zero-order chi connectivity index (χ0) is 20.4. The monoisotopic (exact) mass is 372 g/mol. The summed E-state index contributed by atoms with van der Waals surface area (Å²) in [5.41, 5.74) is 10.8. The molecule has 0 rings (SSSR count). The molecule has 0 radical (unpaired) electrons. The van der Waals surface area contributed by atoms with Crippen LogP contribution in [0.15, 0.2) is 0 Å². The maximum Gasteiger partial charge on any atom is 0.326 e. The van der Waals surface area contributed by atoms with Crippen molar-refractivity contribution in [2.45, 2.75) is 71.5 Å². The fourth-order valence-electron chi connectivity index (χ4n) is 2.32. The molecule has 0 saturated heterocycles. The van der Waals surface area contributed by atoms with E-state index in [-0.39, 0.29) is 24.7 Å². The summed E-state index contributed by atoms with van der Waals surface area (Å²) in [5.74, 6) is -3.33. The van der Waals surface area contributed by atoms with Crippen LogP contribution in [0, 0.1) is 11.8 Å². The summed E-state index contributed by atoms with van der Waals surface area (Å²) in [6.45, 7) is 7.19. The van der Waals surface area contributed by atoms with Crippen LogP contribution in [0.4, 0.5) is 0 Å². The molecule has 0 aliphatic rings. The maximum absolute atomic E-state index is 12.6. The lowest BCUT2D eigenvalue weighted by molar-refractivity contribution is -0.144. The number of nitrogens with two attached hydrogens (primary N) is 2. The highest BCUT2D eigenvalue weighted by Crippen LogP contribution is 2.12. The predicted molar refractivity (Wildman–Crippen MR) is 96.8 cm³/mol. The van der Waals surface area contributed by atoms with Crippen LogP contribution >= 0.6 is 0 Å². The molecule has 3 amide bonds. The highest BCUT2D eigenvalue weighted by atomic mass is 16.4. The highest BCUT2D eigenvalue weighted by Gasteiger charge is 2.32. The van der Waals surface area contributed by atoms with Crippen LogP contribution in [0.3, 0.4) is 0 Å². The van der Waals surface area contributed by atoms with Crippen LogP contribution in [0.25, 0.3) is 0 Å². The van der Waals surface area contributed by atoms with Crippen molar-refractivity contribution < 1.29 is 24.3 Å². The minimum atomic E-state index is -1.12. The molecular formula is C17H32N4O5. The number of rotatable bonds is 12. The standard InChI is InChI=1S/C17H32N4O5/c1-5-9(3)13(20-15(23)11(18)7-8-12(19)22)16(24)21-14(17(25)26)10(4)6-2/h9-11,13-14H,5-8,18H2,1-4H3,(H2,19,22)(H,20,23)(H,21,24)(H,25,26). The third-order valence-corrected chi connectivity index (χ3v) is 4.61. The van der Waals surface area contributed by atoms with Crippen molar-refractivity contribution in [1.29, 1.82) is 0 Å². The predicted octanol–water partition coefficient (Wildman–Crippen LogP) is -0.274. The van der Waals surface area contributed by atoms with Crippen LogP contribution in [0.2, 0.25) is 0 Å². The Bertz CT molecular complexity index is 511. The smallest absolute Gasteiger partial charge is 0.326 e. The number of carboxylic acid groups (broad SMARTS) is 1. The first-order valence-electron chi connectivity index (χ1n) is 8.92. The van der Waals surface area contributed by atoms with Gasteiger partial charge in [0.15, 0.2) is 0 Å². The van der Waals surface area contributed by atoms with Gasteiger partial charge in [0.05, 0.1) is 6.04 Å². The average Bonchev–Trinajstić information content (AvgIpc) is 2.59. The van der Waals surface area contributed by atoms with Crippen LogP contribution in [0.1, 0.15) is 53.4 Å². The molecule has 0 bridgehead atoms. The molecular weight excluding hydrogens is 340 g/mol. The van der Waals surface area contributed by atoms with Crippen molar-refractivity contribution in [3.8, 4) is 0 Å². The number of amides is 3. The van der Waals surface area contributed by atoms with E-state index in [0.717, 1.165) is 0 Å². The lowest BCUT2D eigenvalue weighted by atomic mass is 9.95. The van der Waals surface area contributed by atoms with Gasteiger partial charge >= 0.3 is 5.97 Å². The minimum absolute atomic E-state index is 0.0378. The van der Waals surface area contributed by atoms with Gasteiger partial charge in [0, 0.05) is 6.42 Å². The van der Waals surface area contributed by atoms with Gasteiger partial charge in [0.1, 0.15) is 12.1 Å². The second-order valence-corrected chi connectivity index (χ2v) is 6.69. The Labute approximate surface area is 154 Å². The maximum atomic E-state index is 12.6. The first kappa shape index (κ1) is 23.8. The number of carbonyl (C=O) groups is 4. The Morgan fingerprint density at radius 1 is 0.923 bits per heavy atom. The SMILES string of the molecule is CCC(C)C(NC(=O)C(NC(=O)C(N)CCC(N)=O)C(C)CC)C(=O)O. The topological polar surface area (TPSA) is 165 Å². The first-order chi connectivity index (χ1) is 12.0. The van der Waals surface area contributed by atoms with Crippen molar-refractivity contribution >= 4 is 23.7 Å². The molecule has 0 spiro atoms. The molecule has 9 heteroatoms. The Kier molecular flexibility index (Phi) is 10.5. The van der Waals surface area contributed by atoms with E-state index in [9.17, 15) is 24.3 Å². The van der Waals surface area contributed by atoms with Crippen molar-refractivity contribution in [2.24, 2.45) is 23.3 Å². The van der Waals surface area contributed by atoms with Crippen LogP contribution in [0.5, 0.6) is 0 Å². The van der Waals surface area contributed by atoms with Crippen molar-refractivity contribution in [3.63, 3.8) is 0 Å². The second kappa shape index (κ2) is 11.5. The summed E-state index contributed by atoms with van der Waals surface area (Å²) in [4.78, 5) is 47.0. The largest absolute Gasteiger partial charge is 0.480 e. The molecule has 5 atom stereocenters. The lowest BCUT2D eigenvalue weighted by Gasteiger charge is -2.28. The van der Waals surface area contributed by atoms with Gasteiger partial charge in [0.2, 0.25) is 17.7 Å². The van der Waals surface area contributed by atoms with E-state index in [1.54, 1.807) is 13.8 Å².